The topological polar surface area (TPSA) is 124 Å². The van der Waals surface area contributed by atoms with Gasteiger partial charge < -0.3 is 20.4 Å². The van der Waals surface area contributed by atoms with Crippen LogP contribution in [0.15, 0.2) is 23.0 Å². The van der Waals surface area contributed by atoms with Gasteiger partial charge in [-0.1, -0.05) is 12.1 Å². The minimum absolute atomic E-state index is 0.00348. The van der Waals surface area contributed by atoms with Crippen LogP contribution in [0.1, 0.15) is 22.4 Å². The van der Waals surface area contributed by atoms with E-state index in [4.69, 9.17) is 10.5 Å². The lowest BCUT2D eigenvalue weighted by molar-refractivity contribution is -0.307. The number of halogens is 3. The van der Waals surface area contributed by atoms with E-state index in [9.17, 15) is 27.9 Å². The second kappa shape index (κ2) is 8.95. The zero-order chi connectivity index (χ0) is 21.8. The minimum atomic E-state index is -4.56. The molecule has 0 aliphatic rings. The quantitative estimate of drug-likeness (QED) is 0.641. The summed E-state index contributed by atoms with van der Waals surface area (Å²) in [4.78, 5) is 30.0. The van der Waals surface area contributed by atoms with Crippen LogP contribution in [0.3, 0.4) is 0 Å². The van der Waals surface area contributed by atoms with Gasteiger partial charge in [0.1, 0.15) is 5.75 Å². The molecular weight excluding hydrogens is 393 g/mol. The molecule has 0 atom stereocenters. The van der Waals surface area contributed by atoms with Crippen molar-refractivity contribution in [1.29, 1.82) is 0 Å². The van der Waals surface area contributed by atoms with Crippen LogP contribution in [0.4, 0.5) is 19.1 Å². The number of ether oxygens (including phenoxy) is 1. The minimum Gasteiger partial charge on any atom is -0.549 e. The first kappa shape index (κ1) is 22.2. The lowest BCUT2D eigenvalue weighted by Crippen LogP contribution is -2.42. The first-order valence-electron chi connectivity index (χ1n) is 8.48. The third kappa shape index (κ3) is 6.49. The van der Waals surface area contributed by atoms with Crippen LogP contribution >= 0.6 is 0 Å². The molecule has 0 fully saturated rings. The first-order chi connectivity index (χ1) is 13.5. The van der Waals surface area contributed by atoms with Crippen LogP contribution in [-0.2, 0) is 17.8 Å². The second-order valence-electron chi connectivity index (χ2n) is 6.47. The molecule has 3 N–H and O–H groups in total. The van der Waals surface area contributed by atoms with E-state index in [1.807, 2.05) is 0 Å². The molecule has 1 aromatic carbocycles. The highest BCUT2D eigenvalue weighted by Gasteiger charge is 2.30. The Kier molecular flexibility index (Phi) is 6.85. The number of nitrogen functional groups attached to an aromatic ring is 1. The van der Waals surface area contributed by atoms with Gasteiger partial charge in [-0.2, -0.15) is 13.2 Å². The van der Waals surface area contributed by atoms with Gasteiger partial charge in [-0.25, -0.2) is 4.98 Å². The van der Waals surface area contributed by atoms with E-state index in [2.05, 4.69) is 9.97 Å². The molecule has 0 unspecified atom stereocenters. The monoisotopic (exact) mass is 413 g/mol. The fourth-order valence-electron chi connectivity index (χ4n) is 2.93. The summed E-state index contributed by atoms with van der Waals surface area (Å²) in [5, 5.41) is 10.8. The zero-order valence-electron chi connectivity index (χ0n) is 15.8. The number of nitrogens with one attached hydrogen (secondary N) is 1. The maximum Gasteiger partial charge on any atom is 0.401 e. The SMILES string of the molecule is COc1cc(CN(CC(=O)[O-])CC(F)(F)F)ccc1Cc1c(C)nc(N)[nH]c1=O. The van der Waals surface area contributed by atoms with Gasteiger partial charge in [-0.3, -0.25) is 14.7 Å². The molecule has 0 saturated heterocycles. The van der Waals surface area contributed by atoms with Gasteiger partial charge >= 0.3 is 6.18 Å². The summed E-state index contributed by atoms with van der Waals surface area (Å²) in [5.74, 6) is -1.27. The molecule has 11 heteroatoms. The number of rotatable bonds is 8. The van der Waals surface area contributed by atoms with Crippen molar-refractivity contribution in [2.75, 3.05) is 25.9 Å². The van der Waals surface area contributed by atoms with Gasteiger partial charge in [-0.05, 0) is 24.1 Å². The van der Waals surface area contributed by atoms with Gasteiger partial charge in [0, 0.05) is 25.1 Å². The normalized spacial score (nSPS) is 11.7. The van der Waals surface area contributed by atoms with Gasteiger partial charge in [0.2, 0.25) is 5.95 Å². The Morgan fingerprint density at radius 2 is 2.07 bits per heavy atom. The van der Waals surface area contributed by atoms with Crippen molar-refractivity contribution in [2.45, 2.75) is 26.1 Å². The number of hydrogen-bond acceptors (Lipinski definition) is 7. The van der Waals surface area contributed by atoms with Crippen LogP contribution in [-0.4, -0.2) is 47.2 Å². The van der Waals surface area contributed by atoms with Crippen molar-refractivity contribution in [3.8, 4) is 5.75 Å². The third-order valence-corrected chi connectivity index (χ3v) is 4.12. The summed E-state index contributed by atoms with van der Waals surface area (Å²) in [5.41, 5.74) is 6.95. The van der Waals surface area contributed by atoms with Crippen molar-refractivity contribution in [1.82, 2.24) is 14.9 Å². The molecular formula is C18H20F3N4O4-. The molecule has 29 heavy (non-hydrogen) atoms. The fraction of sp³-hybridized carbons (Fsp3) is 0.389. The summed E-state index contributed by atoms with van der Waals surface area (Å²) in [6, 6.07) is 4.65. The Morgan fingerprint density at radius 3 is 2.62 bits per heavy atom. The molecule has 2 aromatic rings. The molecule has 0 bridgehead atoms. The number of hydrogen-bond donors (Lipinski definition) is 2. The second-order valence-corrected chi connectivity index (χ2v) is 6.47. The number of carboxylic acid groups (broad SMARTS) is 1. The van der Waals surface area contributed by atoms with Crippen LogP contribution in [0.25, 0.3) is 0 Å². The van der Waals surface area contributed by atoms with E-state index in [0.29, 0.717) is 33.0 Å². The number of aryl methyl sites for hydroxylation is 1. The maximum atomic E-state index is 12.7. The summed E-state index contributed by atoms with van der Waals surface area (Å²) in [6.45, 7) is -0.893. The average Bonchev–Trinajstić information content (AvgIpc) is 2.56. The number of carbonyl (C=O) groups is 1. The molecule has 0 spiro atoms. The van der Waals surface area contributed by atoms with E-state index >= 15 is 0 Å². The van der Waals surface area contributed by atoms with E-state index in [1.54, 1.807) is 19.1 Å². The number of aromatic nitrogens is 2. The molecule has 0 aliphatic carbocycles. The number of aromatic amines is 1. The Balaban J connectivity index is 2.28. The lowest BCUT2D eigenvalue weighted by Gasteiger charge is -2.24. The number of alkyl halides is 3. The maximum absolute atomic E-state index is 12.7. The fourth-order valence-corrected chi connectivity index (χ4v) is 2.93. The van der Waals surface area contributed by atoms with E-state index < -0.39 is 30.8 Å². The molecule has 0 amide bonds. The predicted molar refractivity (Wildman–Crippen MR) is 96.1 cm³/mol. The average molecular weight is 413 g/mol. The van der Waals surface area contributed by atoms with Gasteiger partial charge in [-0.15, -0.1) is 0 Å². The van der Waals surface area contributed by atoms with Crippen molar-refractivity contribution >= 4 is 11.9 Å². The van der Waals surface area contributed by atoms with Crippen molar-refractivity contribution in [3.05, 3.63) is 50.9 Å². The molecule has 158 valence electrons. The largest absolute Gasteiger partial charge is 0.549 e. The Bertz CT molecular complexity index is 944. The Hall–Kier alpha value is -3.08. The van der Waals surface area contributed by atoms with Gasteiger partial charge in [0.15, 0.2) is 0 Å². The number of H-pyrrole nitrogens is 1. The predicted octanol–water partition coefficient (Wildman–Crippen LogP) is 0.374. The lowest BCUT2D eigenvalue weighted by atomic mass is 10.0. The standard InChI is InChI=1S/C18H21F3N4O4/c1-10-13(16(28)24-17(22)23-10)6-12-4-3-11(5-14(12)29-2)7-25(8-15(26)27)9-18(19,20)21/h3-5H,6-9H2,1-2H3,(H,26,27)(H3,22,23,24,28)/p-1. The van der Waals surface area contributed by atoms with Crippen molar-refractivity contribution in [2.24, 2.45) is 0 Å². The summed E-state index contributed by atoms with van der Waals surface area (Å²) < 4.78 is 43.4. The molecule has 2 rings (SSSR count). The van der Waals surface area contributed by atoms with Crippen LogP contribution in [0, 0.1) is 6.92 Å². The summed E-state index contributed by atoms with van der Waals surface area (Å²) in [7, 11) is 1.38. The molecule has 8 nitrogen and oxygen atoms in total. The number of aliphatic carboxylic acids is 1. The molecule has 0 radical (unpaired) electrons. The molecule has 0 aliphatic heterocycles. The van der Waals surface area contributed by atoms with E-state index in [0.717, 1.165) is 0 Å². The van der Waals surface area contributed by atoms with Gasteiger partial charge in [0.25, 0.3) is 5.56 Å². The van der Waals surface area contributed by atoms with Gasteiger partial charge in [0.05, 0.1) is 25.3 Å². The highest BCUT2D eigenvalue weighted by atomic mass is 19.4. The van der Waals surface area contributed by atoms with Crippen molar-refractivity contribution < 1.29 is 27.8 Å². The summed E-state index contributed by atoms with van der Waals surface area (Å²) >= 11 is 0. The third-order valence-electron chi connectivity index (χ3n) is 4.12. The summed E-state index contributed by atoms with van der Waals surface area (Å²) in [6.07, 6.45) is -4.39. The van der Waals surface area contributed by atoms with Crippen LogP contribution < -0.4 is 21.1 Å². The number of carboxylic acids is 1. The Labute approximate surface area is 164 Å². The number of nitrogens with zero attached hydrogens (tertiary/aromatic N) is 2. The number of anilines is 1. The smallest absolute Gasteiger partial charge is 0.401 e. The van der Waals surface area contributed by atoms with E-state index in [-0.39, 0.29) is 18.9 Å². The molecule has 1 aromatic heterocycles. The van der Waals surface area contributed by atoms with E-state index in [1.165, 1.54) is 13.2 Å². The zero-order valence-corrected chi connectivity index (χ0v) is 15.8. The molecule has 0 saturated carbocycles. The molecule has 1 heterocycles. The number of carbonyl (C=O) groups excluding carboxylic acids is 1. The first-order valence-corrected chi connectivity index (χ1v) is 8.48. The number of benzene rings is 1. The van der Waals surface area contributed by atoms with Crippen LogP contribution in [0.5, 0.6) is 5.75 Å². The number of methoxy groups -OCH3 is 1. The van der Waals surface area contributed by atoms with Crippen LogP contribution in [0.2, 0.25) is 0 Å². The van der Waals surface area contributed by atoms with Crippen molar-refractivity contribution in [3.63, 3.8) is 0 Å². The number of nitrogens with two attached hydrogens (primary N) is 1. The highest BCUT2D eigenvalue weighted by Crippen LogP contribution is 2.25. The Morgan fingerprint density at radius 1 is 1.38 bits per heavy atom. The highest BCUT2D eigenvalue weighted by molar-refractivity contribution is 5.66.